The molecule has 0 unspecified atom stereocenters. The number of nitriles is 1. The number of aryl methyl sites for hydroxylation is 2. The van der Waals surface area contributed by atoms with Crippen LogP contribution in [0.3, 0.4) is 0 Å². The van der Waals surface area contributed by atoms with Crippen molar-refractivity contribution in [2.75, 3.05) is 5.32 Å². The van der Waals surface area contributed by atoms with Gasteiger partial charge in [0.1, 0.15) is 29.3 Å². The Bertz CT molecular complexity index is 1100. The highest BCUT2D eigenvalue weighted by molar-refractivity contribution is 6.02. The summed E-state index contributed by atoms with van der Waals surface area (Å²) in [4.78, 5) is 24.5. The third-order valence-corrected chi connectivity index (χ3v) is 3.67. The second-order valence-corrected chi connectivity index (χ2v) is 5.48. The van der Waals surface area contributed by atoms with Crippen LogP contribution in [-0.4, -0.2) is 15.7 Å². The Kier molecular flexibility index (Phi) is 4.18. The van der Waals surface area contributed by atoms with Crippen molar-refractivity contribution in [3.05, 3.63) is 63.6 Å². The maximum absolute atomic E-state index is 12.5. The summed E-state index contributed by atoms with van der Waals surface area (Å²) in [5, 5.41) is 15.9. The summed E-state index contributed by atoms with van der Waals surface area (Å²) < 4.78 is 6.82. The third-order valence-electron chi connectivity index (χ3n) is 3.67. The molecule has 0 atom stereocenters. The minimum atomic E-state index is -0.483. The van der Waals surface area contributed by atoms with E-state index in [-0.39, 0.29) is 16.6 Å². The molecule has 3 aromatic rings. The van der Waals surface area contributed by atoms with E-state index in [4.69, 9.17) is 9.68 Å². The van der Waals surface area contributed by atoms with Crippen LogP contribution in [0.15, 0.2) is 45.9 Å². The molecule has 7 nitrogen and oxygen atoms in total. The summed E-state index contributed by atoms with van der Waals surface area (Å²) in [6, 6.07) is 7.28. The molecular formula is C18H14N4O3. The molecule has 7 heteroatoms. The number of anilines is 1. The lowest BCUT2D eigenvalue weighted by molar-refractivity contribution is -0.111. The van der Waals surface area contributed by atoms with Gasteiger partial charge in [-0.2, -0.15) is 10.4 Å². The highest BCUT2D eigenvalue weighted by Crippen LogP contribution is 2.15. The molecule has 3 rings (SSSR count). The van der Waals surface area contributed by atoms with Crippen LogP contribution < -0.4 is 10.7 Å². The van der Waals surface area contributed by atoms with Gasteiger partial charge < -0.3 is 9.73 Å². The van der Waals surface area contributed by atoms with Crippen LogP contribution >= 0.6 is 0 Å². The molecule has 0 saturated carbocycles. The number of rotatable bonds is 3. The molecule has 0 radical (unpaired) electrons. The van der Waals surface area contributed by atoms with Crippen molar-refractivity contribution < 1.29 is 9.21 Å². The van der Waals surface area contributed by atoms with Crippen LogP contribution in [0.5, 0.6) is 0 Å². The molecule has 1 N–H and O–H groups in total. The van der Waals surface area contributed by atoms with Crippen LogP contribution in [0.4, 0.5) is 5.82 Å². The number of nitrogens with one attached hydrogen (secondary N) is 1. The van der Waals surface area contributed by atoms with Crippen molar-refractivity contribution in [3.63, 3.8) is 0 Å². The molecule has 2 heterocycles. The molecule has 0 aliphatic carbocycles. The minimum Gasteiger partial charge on any atom is -0.463 e. The van der Waals surface area contributed by atoms with Crippen molar-refractivity contribution in [3.8, 4) is 6.07 Å². The molecule has 2 aromatic heterocycles. The Morgan fingerprint density at radius 2 is 2.24 bits per heavy atom. The van der Waals surface area contributed by atoms with Gasteiger partial charge in [-0.1, -0.05) is 11.6 Å². The molecule has 0 bridgehead atoms. The Morgan fingerprint density at radius 3 is 3.00 bits per heavy atom. The first-order chi connectivity index (χ1) is 12.0. The molecule has 25 heavy (non-hydrogen) atoms. The van der Waals surface area contributed by atoms with Crippen molar-refractivity contribution in [2.24, 2.45) is 7.05 Å². The number of aromatic nitrogens is 2. The van der Waals surface area contributed by atoms with Crippen molar-refractivity contribution in [1.82, 2.24) is 9.78 Å². The van der Waals surface area contributed by atoms with Crippen LogP contribution in [-0.2, 0) is 11.8 Å². The van der Waals surface area contributed by atoms with Gasteiger partial charge in [0.05, 0.1) is 17.1 Å². The summed E-state index contributed by atoms with van der Waals surface area (Å²) in [5.74, 6) is -0.192. The van der Waals surface area contributed by atoms with Gasteiger partial charge in [-0.25, -0.2) is 0 Å². The van der Waals surface area contributed by atoms with E-state index in [2.05, 4.69) is 10.4 Å². The normalized spacial score (nSPS) is 10.9. The van der Waals surface area contributed by atoms with Gasteiger partial charge in [-0.3, -0.25) is 14.3 Å². The first-order valence-electron chi connectivity index (χ1n) is 7.43. The predicted molar refractivity (Wildman–Crippen MR) is 92.8 cm³/mol. The number of hydrogen-bond donors (Lipinski definition) is 1. The number of hydrogen-bond acceptors (Lipinski definition) is 5. The number of nitrogens with zero attached hydrogens (tertiary/aromatic N) is 3. The summed E-state index contributed by atoms with van der Waals surface area (Å²) in [5.41, 5.74) is 1.74. The quantitative estimate of drug-likeness (QED) is 0.741. The van der Waals surface area contributed by atoms with Gasteiger partial charge in [-0.05, 0) is 25.1 Å². The zero-order chi connectivity index (χ0) is 18.0. The minimum absolute atomic E-state index is 0.216. The Morgan fingerprint density at radius 1 is 1.44 bits per heavy atom. The van der Waals surface area contributed by atoms with E-state index < -0.39 is 5.91 Å². The topological polar surface area (TPSA) is 101 Å². The summed E-state index contributed by atoms with van der Waals surface area (Å²) in [6.45, 7) is 1.88. The van der Waals surface area contributed by atoms with E-state index >= 15 is 0 Å². The average Bonchev–Trinajstić information content (AvgIpc) is 2.95. The number of fused-ring (bicyclic) bond motifs is 1. The zero-order valence-corrected chi connectivity index (χ0v) is 13.6. The SMILES string of the molecule is Cc1ccc2occ(/C=C/C(=O)Nc3c(C#N)cnn3C)c(=O)c2c1. The maximum Gasteiger partial charge on any atom is 0.249 e. The largest absolute Gasteiger partial charge is 0.463 e. The van der Waals surface area contributed by atoms with Crippen LogP contribution in [0.1, 0.15) is 16.7 Å². The average molecular weight is 334 g/mol. The molecule has 1 aromatic carbocycles. The highest BCUT2D eigenvalue weighted by Gasteiger charge is 2.10. The van der Waals surface area contributed by atoms with E-state index in [0.29, 0.717) is 16.8 Å². The number of amides is 1. The van der Waals surface area contributed by atoms with Crippen molar-refractivity contribution in [2.45, 2.75) is 6.92 Å². The molecule has 0 aliphatic rings. The smallest absolute Gasteiger partial charge is 0.249 e. The van der Waals surface area contributed by atoms with Gasteiger partial charge in [0.25, 0.3) is 0 Å². The number of carbonyl (C=O) groups is 1. The van der Waals surface area contributed by atoms with E-state index in [9.17, 15) is 9.59 Å². The van der Waals surface area contributed by atoms with Crippen LogP contribution in [0.2, 0.25) is 0 Å². The van der Waals surface area contributed by atoms with Gasteiger partial charge in [0.15, 0.2) is 5.43 Å². The Hall–Kier alpha value is -3.66. The fourth-order valence-corrected chi connectivity index (χ4v) is 2.37. The number of benzene rings is 1. The Balaban J connectivity index is 1.87. The summed E-state index contributed by atoms with van der Waals surface area (Å²) in [7, 11) is 1.61. The lowest BCUT2D eigenvalue weighted by Crippen LogP contribution is -2.13. The lowest BCUT2D eigenvalue weighted by Gasteiger charge is -2.03. The Labute approximate surface area is 142 Å². The second kappa shape index (κ2) is 6.45. The van der Waals surface area contributed by atoms with Crippen LogP contribution in [0, 0.1) is 18.3 Å². The van der Waals surface area contributed by atoms with E-state index in [0.717, 1.165) is 5.56 Å². The van der Waals surface area contributed by atoms with Crippen molar-refractivity contribution >= 4 is 28.8 Å². The van der Waals surface area contributed by atoms with Gasteiger partial charge in [0.2, 0.25) is 5.91 Å². The van der Waals surface area contributed by atoms with Gasteiger partial charge in [-0.15, -0.1) is 0 Å². The fraction of sp³-hybridized carbons (Fsp3) is 0.111. The monoisotopic (exact) mass is 334 g/mol. The molecule has 0 aliphatic heterocycles. The van der Waals surface area contributed by atoms with E-state index in [1.807, 2.05) is 19.1 Å². The van der Waals surface area contributed by atoms with Gasteiger partial charge >= 0.3 is 0 Å². The zero-order valence-electron chi connectivity index (χ0n) is 13.6. The molecule has 0 spiro atoms. The van der Waals surface area contributed by atoms with Crippen LogP contribution in [0.25, 0.3) is 17.0 Å². The summed E-state index contributed by atoms with van der Waals surface area (Å²) in [6.07, 6.45) is 5.27. The predicted octanol–water partition coefficient (Wildman–Crippen LogP) is 2.36. The third kappa shape index (κ3) is 3.19. The second-order valence-electron chi connectivity index (χ2n) is 5.48. The standard InChI is InChI=1S/C18H14N4O3/c1-11-3-5-15-14(7-11)17(24)12(10-25-15)4-6-16(23)21-18-13(8-19)9-20-22(18)2/h3-7,9-10H,1-2H3,(H,21,23)/b6-4+. The molecular weight excluding hydrogens is 320 g/mol. The number of carbonyl (C=O) groups excluding carboxylic acids is 1. The van der Waals surface area contributed by atoms with Gasteiger partial charge in [0, 0.05) is 13.1 Å². The fourth-order valence-electron chi connectivity index (χ4n) is 2.37. The summed E-state index contributed by atoms with van der Waals surface area (Å²) >= 11 is 0. The lowest BCUT2D eigenvalue weighted by atomic mass is 10.1. The van der Waals surface area contributed by atoms with E-state index in [1.54, 1.807) is 19.2 Å². The molecule has 0 fully saturated rings. The first kappa shape index (κ1) is 16.2. The van der Waals surface area contributed by atoms with Crippen molar-refractivity contribution in [1.29, 1.82) is 5.26 Å². The maximum atomic E-state index is 12.5. The molecule has 1 amide bonds. The molecule has 124 valence electrons. The molecule has 0 saturated heterocycles. The highest BCUT2D eigenvalue weighted by atomic mass is 16.3. The first-order valence-corrected chi connectivity index (χ1v) is 7.43. The van der Waals surface area contributed by atoms with E-state index in [1.165, 1.54) is 29.3 Å².